The monoisotopic (exact) mass is 551 g/mol. The quantitative estimate of drug-likeness (QED) is 0.199. The highest BCUT2D eigenvalue weighted by Crippen LogP contribution is 2.45. The molecular formula is C42H26O. The second-order valence-corrected chi connectivity index (χ2v) is 10.9. The van der Waals surface area contributed by atoms with Gasteiger partial charge in [-0.2, -0.15) is 0 Å². The molecule has 0 aliphatic rings. The van der Waals surface area contributed by atoms with Gasteiger partial charge in [-0.3, -0.25) is 0 Å². The summed E-state index contributed by atoms with van der Waals surface area (Å²) in [6.45, 7) is 0. The summed E-state index contributed by atoms with van der Waals surface area (Å²) in [6, 6.07) is 42.2. The Kier molecular flexibility index (Phi) is 4.27. The van der Waals surface area contributed by atoms with Gasteiger partial charge in [0.25, 0.3) is 0 Å². The summed E-state index contributed by atoms with van der Waals surface area (Å²) in [5, 5.41) is 9.00. The summed E-state index contributed by atoms with van der Waals surface area (Å²) in [6.07, 6.45) is 0. The van der Waals surface area contributed by atoms with Gasteiger partial charge in [0.05, 0.1) is 6.85 Å². The van der Waals surface area contributed by atoms with Crippen LogP contribution in [-0.4, -0.2) is 0 Å². The molecule has 0 fully saturated rings. The minimum Gasteiger partial charge on any atom is -0.456 e. The van der Waals surface area contributed by atoms with E-state index < -0.39 is 6.04 Å². The zero-order chi connectivity index (χ0) is 32.7. The van der Waals surface area contributed by atoms with Gasteiger partial charge in [0.1, 0.15) is 11.2 Å². The molecule has 1 nitrogen and oxygen atoms in total. The maximum Gasteiger partial charge on any atom is 0.136 e. The van der Waals surface area contributed by atoms with Crippen molar-refractivity contribution in [3.05, 3.63) is 158 Å². The Hall–Kier alpha value is -5.66. The van der Waals surface area contributed by atoms with E-state index in [1.165, 1.54) is 10.8 Å². The molecule has 0 bridgehead atoms. The summed E-state index contributed by atoms with van der Waals surface area (Å²) in [5.74, 6) is 0. The van der Waals surface area contributed by atoms with E-state index in [0.717, 1.165) is 65.7 Å². The first-order chi connectivity index (χ1) is 23.4. The Balaban J connectivity index is 1.28. The number of hydrogen-bond acceptors (Lipinski definition) is 1. The van der Waals surface area contributed by atoms with Crippen LogP contribution in [-0.2, 0) is 0 Å². The van der Waals surface area contributed by atoms with E-state index in [4.69, 9.17) is 11.3 Å². The molecule has 43 heavy (non-hydrogen) atoms. The van der Waals surface area contributed by atoms with E-state index in [9.17, 15) is 0 Å². The van der Waals surface area contributed by atoms with E-state index in [1.54, 1.807) is 0 Å². The highest BCUT2D eigenvalue weighted by Gasteiger charge is 2.18. The lowest BCUT2D eigenvalue weighted by atomic mass is 9.85. The zero-order valence-corrected chi connectivity index (χ0v) is 23.0. The molecule has 0 spiro atoms. The van der Waals surface area contributed by atoms with Crippen LogP contribution in [0.4, 0.5) is 0 Å². The van der Waals surface area contributed by atoms with Gasteiger partial charge in [-0.15, -0.1) is 0 Å². The maximum atomic E-state index is 8.46. The highest BCUT2D eigenvalue weighted by atomic mass is 16.3. The van der Waals surface area contributed by atoms with Crippen molar-refractivity contribution in [2.24, 2.45) is 0 Å². The van der Waals surface area contributed by atoms with Crippen molar-refractivity contribution < 1.29 is 11.3 Å². The number of hydrogen-bond donors (Lipinski definition) is 0. The SMILES string of the molecule is [2H]c1c([2H])c([2H])c(-c2ccc(-c3c4ccccc4c(-c4ccc5oc6ccc7ccccc7c6c5c4)c4ccccc34)cc2)c([2H])c1[2H]. The van der Waals surface area contributed by atoms with Crippen molar-refractivity contribution in [1.82, 2.24) is 0 Å². The van der Waals surface area contributed by atoms with Gasteiger partial charge in [-0.1, -0.05) is 139 Å². The van der Waals surface area contributed by atoms with E-state index >= 15 is 0 Å². The minimum atomic E-state index is -0.392. The summed E-state index contributed by atoms with van der Waals surface area (Å²) in [4.78, 5) is 0. The molecular weight excluding hydrogens is 520 g/mol. The van der Waals surface area contributed by atoms with Gasteiger partial charge in [-0.25, -0.2) is 0 Å². The second-order valence-electron chi connectivity index (χ2n) is 10.9. The fourth-order valence-corrected chi connectivity index (χ4v) is 6.65. The lowest BCUT2D eigenvalue weighted by Gasteiger charge is -2.18. The molecule has 0 unspecified atom stereocenters. The molecule has 0 saturated carbocycles. The first-order valence-electron chi connectivity index (χ1n) is 16.9. The Bertz CT molecular complexity index is 2690. The summed E-state index contributed by atoms with van der Waals surface area (Å²) in [5.41, 5.74) is 6.83. The summed E-state index contributed by atoms with van der Waals surface area (Å²) < 4.78 is 47.5. The Morgan fingerprint density at radius 2 is 0.930 bits per heavy atom. The van der Waals surface area contributed by atoms with Crippen LogP contribution in [0.25, 0.3) is 87.6 Å². The van der Waals surface area contributed by atoms with Crippen molar-refractivity contribution in [2.75, 3.05) is 0 Å². The van der Waals surface area contributed by atoms with Crippen LogP contribution in [0.2, 0.25) is 0 Å². The van der Waals surface area contributed by atoms with Crippen molar-refractivity contribution >= 4 is 54.3 Å². The molecule has 9 rings (SSSR count). The third-order valence-electron chi connectivity index (χ3n) is 8.54. The van der Waals surface area contributed by atoms with Crippen LogP contribution in [0.3, 0.4) is 0 Å². The smallest absolute Gasteiger partial charge is 0.136 e. The third kappa shape index (κ3) is 3.72. The Morgan fingerprint density at radius 3 is 1.60 bits per heavy atom. The van der Waals surface area contributed by atoms with Crippen LogP contribution < -0.4 is 0 Å². The molecule has 1 heteroatoms. The molecule has 200 valence electrons. The van der Waals surface area contributed by atoms with Crippen molar-refractivity contribution in [2.45, 2.75) is 0 Å². The van der Waals surface area contributed by atoms with Gasteiger partial charge in [0.2, 0.25) is 0 Å². The number of rotatable bonds is 3. The van der Waals surface area contributed by atoms with Crippen molar-refractivity contribution in [3.63, 3.8) is 0 Å². The predicted octanol–water partition coefficient (Wildman–Crippen LogP) is 12.0. The fourth-order valence-electron chi connectivity index (χ4n) is 6.65. The number of fused-ring (bicyclic) bond motifs is 7. The van der Waals surface area contributed by atoms with Crippen molar-refractivity contribution in [3.8, 4) is 33.4 Å². The predicted molar refractivity (Wildman–Crippen MR) is 183 cm³/mol. The van der Waals surface area contributed by atoms with Crippen LogP contribution in [0.1, 0.15) is 6.85 Å². The molecule has 8 aromatic carbocycles. The van der Waals surface area contributed by atoms with Gasteiger partial charge < -0.3 is 4.42 Å². The maximum absolute atomic E-state index is 8.46. The molecule has 0 atom stereocenters. The van der Waals surface area contributed by atoms with Gasteiger partial charge >= 0.3 is 0 Å². The summed E-state index contributed by atoms with van der Waals surface area (Å²) in [7, 11) is 0. The molecule has 0 aliphatic carbocycles. The molecule has 0 N–H and O–H groups in total. The van der Waals surface area contributed by atoms with Crippen molar-refractivity contribution in [1.29, 1.82) is 0 Å². The number of furan rings is 1. The van der Waals surface area contributed by atoms with E-state index in [0.29, 0.717) is 5.56 Å². The standard InChI is InChI=1S/C42H26O/c1-2-10-27(11-3-1)28-18-20-30(21-19-28)40-33-14-6-8-16-35(33)41(36-17-9-7-15-34(36)40)31-23-24-38-37(26-31)42-32-13-5-4-12-29(32)22-25-39(42)43-38/h1-26H/i1D,2D,3D,10D,11D. The zero-order valence-electron chi connectivity index (χ0n) is 28.0. The normalized spacial score (nSPS) is 13.3. The van der Waals surface area contributed by atoms with Gasteiger partial charge in [0, 0.05) is 10.8 Å². The lowest BCUT2D eigenvalue weighted by molar-refractivity contribution is 0.669. The first-order valence-corrected chi connectivity index (χ1v) is 14.4. The lowest BCUT2D eigenvalue weighted by Crippen LogP contribution is -1.91. The fraction of sp³-hybridized carbons (Fsp3) is 0. The van der Waals surface area contributed by atoms with E-state index in [-0.39, 0.29) is 29.7 Å². The molecule has 0 radical (unpaired) electrons. The Labute approximate surface area is 256 Å². The molecule has 0 saturated heterocycles. The Morgan fingerprint density at radius 1 is 0.395 bits per heavy atom. The van der Waals surface area contributed by atoms with Crippen LogP contribution in [0.5, 0.6) is 0 Å². The largest absolute Gasteiger partial charge is 0.456 e. The molecule has 9 aromatic rings. The van der Waals surface area contributed by atoms with E-state index in [1.807, 2.05) is 24.3 Å². The van der Waals surface area contributed by atoms with Crippen LogP contribution >= 0.6 is 0 Å². The molecule has 0 amide bonds. The molecule has 1 heterocycles. The van der Waals surface area contributed by atoms with Crippen LogP contribution in [0, 0.1) is 0 Å². The summed E-state index contributed by atoms with van der Waals surface area (Å²) >= 11 is 0. The van der Waals surface area contributed by atoms with E-state index in [2.05, 4.69) is 103 Å². The van der Waals surface area contributed by atoms with Gasteiger partial charge in [0.15, 0.2) is 0 Å². The van der Waals surface area contributed by atoms with Crippen LogP contribution in [0.15, 0.2) is 162 Å². The molecule has 0 aliphatic heterocycles. The third-order valence-corrected chi connectivity index (χ3v) is 8.54. The topological polar surface area (TPSA) is 13.1 Å². The van der Waals surface area contributed by atoms with Gasteiger partial charge in [-0.05, 0) is 83.9 Å². The highest BCUT2D eigenvalue weighted by molar-refractivity contribution is 6.23. The second kappa shape index (κ2) is 9.44. The average Bonchev–Trinajstić information content (AvgIpc) is 3.51. The first kappa shape index (κ1) is 19.5. The molecule has 1 aromatic heterocycles. The minimum absolute atomic E-state index is 0.201. The average molecular weight is 552 g/mol. The number of benzene rings is 8.